The summed E-state index contributed by atoms with van der Waals surface area (Å²) in [5.41, 5.74) is 5.58. The van der Waals surface area contributed by atoms with Gasteiger partial charge in [0.15, 0.2) is 0 Å². The number of rotatable bonds is 9. The monoisotopic (exact) mass is 267 g/mol. The molecule has 1 heterocycles. The molecule has 4 nitrogen and oxygen atoms in total. The van der Waals surface area contributed by atoms with Gasteiger partial charge in [-0.1, -0.05) is 12.8 Å². The molecular weight excluding hydrogens is 246 g/mol. The Morgan fingerprint density at radius 1 is 1.33 bits per heavy atom. The quantitative estimate of drug-likeness (QED) is 0.675. The molecule has 0 radical (unpaired) electrons. The highest BCUT2D eigenvalue weighted by molar-refractivity contribution is 7.98. The van der Waals surface area contributed by atoms with Crippen LogP contribution in [-0.2, 0) is 0 Å². The lowest BCUT2D eigenvalue weighted by atomic mass is 10.2. The van der Waals surface area contributed by atoms with Gasteiger partial charge < -0.3 is 11.1 Å². The van der Waals surface area contributed by atoms with Crippen molar-refractivity contribution in [1.82, 2.24) is 4.98 Å². The lowest BCUT2D eigenvalue weighted by Crippen LogP contribution is -2.11. The van der Waals surface area contributed by atoms with Crippen LogP contribution < -0.4 is 11.1 Å². The van der Waals surface area contributed by atoms with E-state index in [4.69, 9.17) is 5.73 Å². The van der Waals surface area contributed by atoms with E-state index in [0.717, 1.165) is 18.8 Å². The van der Waals surface area contributed by atoms with Crippen molar-refractivity contribution in [3.8, 4) is 0 Å². The van der Waals surface area contributed by atoms with Crippen LogP contribution in [0.4, 0.5) is 5.82 Å². The normalized spacial score (nSPS) is 10.3. The smallest absolute Gasteiger partial charge is 0.250 e. The predicted octanol–water partition coefficient (Wildman–Crippen LogP) is 2.52. The summed E-state index contributed by atoms with van der Waals surface area (Å²) in [5, 5.41) is 3.23. The summed E-state index contributed by atoms with van der Waals surface area (Å²) in [7, 11) is 0. The van der Waals surface area contributed by atoms with E-state index in [0.29, 0.717) is 5.56 Å². The zero-order chi connectivity index (χ0) is 13.2. The Hall–Kier alpha value is -1.23. The van der Waals surface area contributed by atoms with Crippen LogP contribution in [0, 0.1) is 0 Å². The first-order chi connectivity index (χ1) is 8.74. The van der Waals surface area contributed by atoms with Crippen LogP contribution >= 0.6 is 11.8 Å². The second-order valence-corrected chi connectivity index (χ2v) is 5.12. The lowest BCUT2D eigenvalue weighted by Gasteiger charge is -2.05. The fourth-order valence-electron chi connectivity index (χ4n) is 1.59. The van der Waals surface area contributed by atoms with Gasteiger partial charge >= 0.3 is 0 Å². The van der Waals surface area contributed by atoms with Crippen LogP contribution in [0.3, 0.4) is 0 Å². The summed E-state index contributed by atoms with van der Waals surface area (Å²) in [5.74, 6) is 1.61. The van der Waals surface area contributed by atoms with E-state index in [-0.39, 0.29) is 0 Å². The van der Waals surface area contributed by atoms with E-state index >= 15 is 0 Å². The van der Waals surface area contributed by atoms with Crippen molar-refractivity contribution in [2.75, 3.05) is 23.9 Å². The lowest BCUT2D eigenvalue weighted by molar-refractivity contribution is 0.1000. The number of aromatic nitrogens is 1. The first-order valence-corrected chi connectivity index (χ1v) is 7.62. The molecule has 0 aliphatic heterocycles. The minimum absolute atomic E-state index is 0.442. The van der Waals surface area contributed by atoms with Crippen molar-refractivity contribution < 1.29 is 4.79 Å². The zero-order valence-electron chi connectivity index (χ0n) is 10.8. The van der Waals surface area contributed by atoms with Crippen LogP contribution in [0.1, 0.15) is 36.0 Å². The van der Waals surface area contributed by atoms with E-state index in [2.05, 4.69) is 16.6 Å². The highest BCUT2D eigenvalue weighted by atomic mass is 32.2. The molecule has 0 aromatic carbocycles. The first kappa shape index (κ1) is 14.8. The van der Waals surface area contributed by atoms with Crippen molar-refractivity contribution in [3.63, 3.8) is 0 Å². The van der Waals surface area contributed by atoms with E-state index in [9.17, 15) is 4.79 Å². The van der Waals surface area contributed by atoms with Crippen molar-refractivity contribution in [2.24, 2.45) is 5.73 Å². The number of primary amides is 1. The van der Waals surface area contributed by atoms with E-state index < -0.39 is 5.91 Å². The molecule has 1 rings (SSSR count). The van der Waals surface area contributed by atoms with Crippen molar-refractivity contribution in [2.45, 2.75) is 25.7 Å². The van der Waals surface area contributed by atoms with Gasteiger partial charge in [0.25, 0.3) is 0 Å². The maximum absolute atomic E-state index is 10.9. The van der Waals surface area contributed by atoms with Gasteiger partial charge in [-0.2, -0.15) is 11.8 Å². The summed E-state index contributed by atoms with van der Waals surface area (Å²) in [6, 6.07) is 3.48. The van der Waals surface area contributed by atoms with Gasteiger partial charge in [-0.3, -0.25) is 4.79 Å². The van der Waals surface area contributed by atoms with Crippen LogP contribution in [0.2, 0.25) is 0 Å². The predicted molar refractivity (Wildman–Crippen MR) is 78.1 cm³/mol. The van der Waals surface area contributed by atoms with Crippen LogP contribution in [0.15, 0.2) is 18.3 Å². The number of amides is 1. The summed E-state index contributed by atoms with van der Waals surface area (Å²) in [4.78, 5) is 15.0. The van der Waals surface area contributed by atoms with E-state index in [1.54, 1.807) is 12.1 Å². The van der Waals surface area contributed by atoms with Crippen LogP contribution in [0.5, 0.6) is 0 Å². The van der Waals surface area contributed by atoms with Gasteiger partial charge in [-0.15, -0.1) is 0 Å². The number of hydrogen-bond donors (Lipinski definition) is 2. The third-order valence-electron chi connectivity index (χ3n) is 2.63. The molecule has 1 aromatic heterocycles. The number of thioether (sulfide) groups is 1. The molecular formula is C13H21N3OS. The third-order valence-corrected chi connectivity index (χ3v) is 3.33. The van der Waals surface area contributed by atoms with Crippen LogP contribution in [-0.4, -0.2) is 29.4 Å². The van der Waals surface area contributed by atoms with Gasteiger partial charge in [0.1, 0.15) is 5.82 Å². The molecule has 0 aliphatic carbocycles. The third kappa shape index (κ3) is 5.91. The highest BCUT2D eigenvalue weighted by Gasteiger charge is 2.00. The Morgan fingerprint density at radius 2 is 2.11 bits per heavy atom. The molecule has 1 aromatic rings. The fraction of sp³-hybridized carbons (Fsp3) is 0.538. The Kier molecular flexibility index (Phi) is 7.25. The average Bonchev–Trinajstić information content (AvgIpc) is 2.38. The summed E-state index contributed by atoms with van der Waals surface area (Å²) >= 11 is 1.90. The number of pyridine rings is 1. The minimum atomic E-state index is -0.442. The summed E-state index contributed by atoms with van der Waals surface area (Å²) in [6.07, 6.45) is 8.62. The second kappa shape index (κ2) is 8.80. The number of carbonyl (C=O) groups excluding carboxylic acids is 1. The molecule has 0 bridgehead atoms. The molecule has 0 saturated heterocycles. The van der Waals surface area contributed by atoms with Gasteiger partial charge in [0, 0.05) is 12.7 Å². The molecule has 0 atom stereocenters. The highest BCUT2D eigenvalue weighted by Crippen LogP contribution is 2.07. The van der Waals surface area contributed by atoms with Crippen LogP contribution in [0.25, 0.3) is 0 Å². The average molecular weight is 267 g/mol. The van der Waals surface area contributed by atoms with Crippen molar-refractivity contribution in [1.29, 1.82) is 0 Å². The van der Waals surface area contributed by atoms with Gasteiger partial charge in [-0.05, 0) is 37.0 Å². The minimum Gasteiger partial charge on any atom is -0.370 e. The summed E-state index contributed by atoms with van der Waals surface area (Å²) < 4.78 is 0. The second-order valence-electron chi connectivity index (χ2n) is 4.13. The van der Waals surface area contributed by atoms with Crippen molar-refractivity contribution >= 4 is 23.5 Å². The number of unbranched alkanes of at least 4 members (excludes halogenated alkanes) is 3. The molecule has 100 valence electrons. The fourth-order valence-corrected chi connectivity index (χ4v) is 2.08. The number of carbonyl (C=O) groups is 1. The first-order valence-electron chi connectivity index (χ1n) is 6.22. The maximum Gasteiger partial charge on any atom is 0.250 e. The Labute approximate surface area is 113 Å². The number of nitrogens with one attached hydrogen (secondary N) is 1. The number of nitrogens with zero attached hydrogens (tertiary/aromatic N) is 1. The molecule has 0 spiro atoms. The van der Waals surface area contributed by atoms with Crippen molar-refractivity contribution in [3.05, 3.63) is 23.9 Å². The number of nitrogens with two attached hydrogens (primary N) is 1. The maximum atomic E-state index is 10.9. The zero-order valence-corrected chi connectivity index (χ0v) is 11.6. The number of anilines is 1. The van der Waals surface area contributed by atoms with E-state index in [1.165, 1.54) is 31.2 Å². The van der Waals surface area contributed by atoms with Gasteiger partial charge in [0.05, 0.1) is 5.56 Å². The largest absolute Gasteiger partial charge is 0.370 e. The summed E-state index contributed by atoms with van der Waals surface area (Å²) in [6.45, 7) is 0.919. The molecule has 0 saturated carbocycles. The Morgan fingerprint density at radius 3 is 2.72 bits per heavy atom. The molecule has 1 amide bonds. The van der Waals surface area contributed by atoms with Gasteiger partial charge in [0.2, 0.25) is 5.91 Å². The molecule has 0 unspecified atom stereocenters. The molecule has 5 heteroatoms. The topological polar surface area (TPSA) is 68.0 Å². The van der Waals surface area contributed by atoms with E-state index in [1.807, 2.05) is 11.8 Å². The number of hydrogen-bond acceptors (Lipinski definition) is 4. The Bertz CT molecular complexity index is 354. The standard InChI is InChI=1S/C13H21N3OS/c1-18-9-5-3-2-4-8-15-12-7-6-11(10-16-12)13(14)17/h6-7,10H,2-5,8-9H2,1H3,(H2,14,17)(H,15,16). The molecule has 3 N–H and O–H groups in total. The Balaban J connectivity index is 2.14. The molecule has 18 heavy (non-hydrogen) atoms. The molecule has 0 fully saturated rings. The van der Waals surface area contributed by atoms with Gasteiger partial charge in [-0.25, -0.2) is 4.98 Å². The SMILES string of the molecule is CSCCCCCCNc1ccc(C(N)=O)cn1. The molecule has 0 aliphatic rings.